The number of hydrogen-bond acceptors (Lipinski definition) is 5. The lowest BCUT2D eigenvalue weighted by atomic mass is 9.99. The molecule has 1 aromatic rings. The van der Waals surface area contributed by atoms with Crippen molar-refractivity contribution in [1.29, 1.82) is 0 Å². The van der Waals surface area contributed by atoms with Gasteiger partial charge in [-0.25, -0.2) is 13.6 Å². The number of piperidine rings is 1. The molecule has 19 heavy (non-hydrogen) atoms. The summed E-state index contributed by atoms with van der Waals surface area (Å²) in [5.74, 6) is -0.258. The third-order valence-electron chi connectivity index (χ3n) is 3.20. The number of thiophene rings is 1. The van der Waals surface area contributed by atoms with E-state index in [-0.39, 0.29) is 22.2 Å². The minimum atomic E-state index is -3.73. The van der Waals surface area contributed by atoms with Crippen LogP contribution in [0.15, 0.2) is 15.7 Å². The van der Waals surface area contributed by atoms with Gasteiger partial charge in [-0.1, -0.05) is 0 Å². The van der Waals surface area contributed by atoms with Crippen LogP contribution in [0.25, 0.3) is 0 Å². The van der Waals surface area contributed by atoms with Gasteiger partial charge in [-0.2, -0.15) is 0 Å². The van der Waals surface area contributed by atoms with Gasteiger partial charge in [-0.3, -0.25) is 4.79 Å². The lowest BCUT2D eigenvalue weighted by molar-refractivity contribution is 0.0920. The largest absolute Gasteiger partial charge is 0.348 e. The van der Waals surface area contributed by atoms with Crippen LogP contribution in [-0.2, 0) is 10.0 Å². The van der Waals surface area contributed by atoms with Gasteiger partial charge in [0.1, 0.15) is 4.21 Å². The first-order chi connectivity index (χ1) is 8.88. The summed E-state index contributed by atoms with van der Waals surface area (Å²) < 4.78 is 22.3. The van der Waals surface area contributed by atoms with Crippen LogP contribution in [0, 0.1) is 0 Å². The first-order valence-electron chi connectivity index (χ1n) is 6.03. The third-order valence-corrected chi connectivity index (χ3v) is 5.58. The van der Waals surface area contributed by atoms with Crippen molar-refractivity contribution in [3.63, 3.8) is 0 Å². The van der Waals surface area contributed by atoms with Crippen molar-refractivity contribution < 1.29 is 13.2 Å². The van der Waals surface area contributed by atoms with E-state index in [1.165, 1.54) is 11.4 Å². The molecule has 0 radical (unpaired) electrons. The van der Waals surface area contributed by atoms with Crippen molar-refractivity contribution in [3.05, 3.63) is 17.0 Å². The third kappa shape index (κ3) is 3.53. The van der Waals surface area contributed by atoms with E-state index in [2.05, 4.69) is 10.6 Å². The van der Waals surface area contributed by atoms with Crippen LogP contribution < -0.4 is 15.8 Å². The molecular weight excluding hydrogens is 286 g/mol. The van der Waals surface area contributed by atoms with Crippen molar-refractivity contribution in [3.8, 4) is 0 Å². The van der Waals surface area contributed by atoms with E-state index in [9.17, 15) is 13.2 Å². The van der Waals surface area contributed by atoms with Crippen LogP contribution in [0.4, 0.5) is 0 Å². The Bertz CT molecular complexity index is 567. The highest BCUT2D eigenvalue weighted by atomic mass is 32.2. The second kappa shape index (κ2) is 5.58. The highest BCUT2D eigenvalue weighted by Gasteiger charge is 2.23. The maximum atomic E-state index is 12.0. The fourth-order valence-electron chi connectivity index (χ4n) is 2.08. The van der Waals surface area contributed by atoms with Gasteiger partial charge < -0.3 is 10.6 Å². The number of primary sulfonamides is 1. The van der Waals surface area contributed by atoms with E-state index >= 15 is 0 Å². The van der Waals surface area contributed by atoms with E-state index in [1.54, 1.807) is 0 Å². The Hall–Kier alpha value is -0.960. The van der Waals surface area contributed by atoms with Gasteiger partial charge >= 0.3 is 0 Å². The molecule has 6 nitrogen and oxygen atoms in total. The van der Waals surface area contributed by atoms with Crippen molar-refractivity contribution in [1.82, 2.24) is 10.6 Å². The van der Waals surface area contributed by atoms with Gasteiger partial charge in [-0.15, -0.1) is 11.3 Å². The summed E-state index contributed by atoms with van der Waals surface area (Å²) in [7, 11) is -3.73. The van der Waals surface area contributed by atoms with Crippen LogP contribution in [0.2, 0.25) is 0 Å². The Morgan fingerprint density at radius 2 is 2.32 bits per heavy atom. The lowest BCUT2D eigenvalue weighted by Gasteiger charge is -2.30. The number of nitrogens with one attached hydrogen (secondary N) is 2. The standard InChI is InChI=1S/C11H17N3O3S2/c1-7-9(3-2-4-13-7)14-11(15)8-5-10(18-6-8)19(12,16)17/h5-7,9,13H,2-4H2,1H3,(H,14,15)(H2,12,16,17). The van der Waals surface area contributed by atoms with Crippen molar-refractivity contribution in [2.45, 2.75) is 36.1 Å². The van der Waals surface area contributed by atoms with Crippen LogP contribution in [0.5, 0.6) is 0 Å². The Balaban J connectivity index is 2.06. The zero-order valence-corrected chi connectivity index (χ0v) is 12.2. The molecular formula is C11H17N3O3S2. The van der Waals surface area contributed by atoms with E-state index in [4.69, 9.17) is 5.14 Å². The zero-order chi connectivity index (χ0) is 14.0. The molecule has 0 bridgehead atoms. The smallest absolute Gasteiger partial charge is 0.252 e. The first-order valence-corrected chi connectivity index (χ1v) is 8.46. The summed E-state index contributed by atoms with van der Waals surface area (Å²) >= 11 is 0.958. The second-order valence-electron chi connectivity index (χ2n) is 4.66. The SMILES string of the molecule is CC1NCCCC1NC(=O)c1csc(S(N)(=O)=O)c1. The molecule has 2 heterocycles. The van der Waals surface area contributed by atoms with E-state index in [0.29, 0.717) is 5.56 Å². The summed E-state index contributed by atoms with van der Waals surface area (Å²) in [5.41, 5.74) is 0.340. The zero-order valence-electron chi connectivity index (χ0n) is 10.5. The van der Waals surface area contributed by atoms with E-state index in [1.807, 2.05) is 6.92 Å². The second-order valence-corrected chi connectivity index (χ2v) is 7.36. The van der Waals surface area contributed by atoms with Gasteiger partial charge in [0, 0.05) is 17.5 Å². The monoisotopic (exact) mass is 303 g/mol. The number of carbonyl (C=O) groups excluding carboxylic acids is 1. The maximum Gasteiger partial charge on any atom is 0.252 e. The number of amides is 1. The Morgan fingerprint density at radius 1 is 1.58 bits per heavy atom. The molecule has 1 aliphatic heterocycles. The highest BCUT2D eigenvalue weighted by molar-refractivity contribution is 7.91. The fourth-order valence-corrected chi connectivity index (χ4v) is 3.66. The summed E-state index contributed by atoms with van der Waals surface area (Å²) in [5, 5.41) is 12.7. The predicted octanol–water partition coefficient (Wildman–Crippen LogP) is 0.266. The van der Waals surface area contributed by atoms with E-state index in [0.717, 1.165) is 30.7 Å². The fraction of sp³-hybridized carbons (Fsp3) is 0.545. The Morgan fingerprint density at radius 3 is 2.89 bits per heavy atom. The van der Waals surface area contributed by atoms with Gasteiger partial charge in [0.15, 0.2) is 0 Å². The number of rotatable bonds is 3. The predicted molar refractivity (Wildman–Crippen MR) is 73.6 cm³/mol. The van der Waals surface area contributed by atoms with Gasteiger partial charge in [0.05, 0.1) is 5.56 Å². The van der Waals surface area contributed by atoms with Gasteiger partial charge in [0.2, 0.25) is 10.0 Å². The van der Waals surface area contributed by atoms with Crippen LogP contribution >= 0.6 is 11.3 Å². The molecule has 0 saturated carbocycles. The molecule has 1 saturated heterocycles. The topological polar surface area (TPSA) is 101 Å². The molecule has 106 valence electrons. The summed E-state index contributed by atoms with van der Waals surface area (Å²) in [4.78, 5) is 12.0. The van der Waals surface area contributed by atoms with E-state index < -0.39 is 10.0 Å². The summed E-state index contributed by atoms with van der Waals surface area (Å²) in [6.45, 7) is 2.98. The lowest BCUT2D eigenvalue weighted by Crippen LogP contribution is -2.51. The molecule has 1 amide bonds. The molecule has 2 rings (SSSR count). The van der Waals surface area contributed by atoms with Crippen LogP contribution in [-0.4, -0.2) is 33.0 Å². The Kier molecular flexibility index (Phi) is 4.24. The first kappa shape index (κ1) is 14.4. The molecule has 0 spiro atoms. The minimum Gasteiger partial charge on any atom is -0.348 e. The molecule has 0 aliphatic carbocycles. The molecule has 1 aliphatic rings. The number of nitrogens with two attached hydrogens (primary N) is 1. The minimum absolute atomic E-state index is 0.00691. The number of sulfonamides is 1. The van der Waals surface area contributed by atoms with Gasteiger partial charge in [-0.05, 0) is 32.4 Å². The van der Waals surface area contributed by atoms with Crippen LogP contribution in [0.1, 0.15) is 30.1 Å². The molecule has 0 aromatic carbocycles. The van der Waals surface area contributed by atoms with Crippen LogP contribution in [0.3, 0.4) is 0 Å². The Labute approximate surface area is 116 Å². The van der Waals surface area contributed by atoms with Gasteiger partial charge in [0.25, 0.3) is 5.91 Å². The molecule has 8 heteroatoms. The average molecular weight is 303 g/mol. The normalized spacial score (nSPS) is 24.1. The maximum absolute atomic E-state index is 12.0. The molecule has 2 unspecified atom stereocenters. The highest BCUT2D eigenvalue weighted by Crippen LogP contribution is 2.19. The number of carbonyl (C=O) groups is 1. The molecule has 1 aromatic heterocycles. The molecule has 1 fully saturated rings. The molecule has 2 atom stereocenters. The number of hydrogen-bond donors (Lipinski definition) is 3. The quantitative estimate of drug-likeness (QED) is 0.746. The summed E-state index contributed by atoms with van der Waals surface area (Å²) in [6.07, 6.45) is 1.94. The van der Waals surface area contributed by atoms with Crippen molar-refractivity contribution >= 4 is 27.3 Å². The average Bonchev–Trinajstić information content (AvgIpc) is 2.81. The van der Waals surface area contributed by atoms with Crippen molar-refractivity contribution in [2.24, 2.45) is 5.14 Å². The van der Waals surface area contributed by atoms with Crippen molar-refractivity contribution in [2.75, 3.05) is 6.54 Å². The molecule has 4 N–H and O–H groups in total. The summed E-state index contributed by atoms with van der Waals surface area (Å²) in [6, 6.07) is 1.60.